The average molecular weight is 633 g/mol. The molecule has 44 heavy (non-hydrogen) atoms. The van der Waals surface area contributed by atoms with Gasteiger partial charge in [-0.2, -0.15) is 8.42 Å². The summed E-state index contributed by atoms with van der Waals surface area (Å²) >= 11 is 0. The first-order valence-corrected chi connectivity index (χ1v) is 16.7. The van der Waals surface area contributed by atoms with Gasteiger partial charge in [-0.3, -0.25) is 18.6 Å². The van der Waals surface area contributed by atoms with Crippen molar-refractivity contribution >= 4 is 34.1 Å². The Morgan fingerprint density at radius 2 is 1.82 bits per heavy atom. The summed E-state index contributed by atoms with van der Waals surface area (Å²) in [7, 11) is -4.44. The number of alkyl carbamates (subject to hydrolysis) is 1. The Labute approximate surface area is 259 Å². The highest BCUT2D eigenvalue weighted by Crippen LogP contribution is 2.45. The molecule has 1 saturated carbocycles. The van der Waals surface area contributed by atoms with Crippen LogP contribution < -0.4 is 15.4 Å². The molecule has 1 aromatic carbocycles. The number of ether oxygens (including phenoxy) is 1. The summed E-state index contributed by atoms with van der Waals surface area (Å²) in [6, 6.07) is 7.46. The SMILES string of the molecule is CC(C)(C)OC(=O)N[C@H]1CCCCC/C=C\[C@@H]2C[C@@]2(C(=O)NS(=O)(=O)OCCc2ccccc2)NC(=O)C2CCCN2C1=O. The van der Waals surface area contributed by atoms with E-state index in [1.54, 1.807) is 20.8 Å². The zero-order chi connectivity index (χ0) is 32.0. The van der Waals surface area contributed by atoms with Gasteiger partial charge in [0.25, 0.3) is 5.91 Å². The van der Waals surface area contributed by atoms with E-state index in [4.69, 9.17) is 8.92 Å². The number of hydrogen-bond acceptors (Lipinski definition) is 8. The van der Waals surface area contributed by atoms with E-state index in [-0.39, 0.29) is 18.9 Å². The first-order chi connectivity index (χ1) is 20.8. The van der Waals surface area contributed by atoms with Gasteiger partial charge in [0.2, 0.25) is 11.8 Å². The summed E-state index contributed by atoms with van der Waals surface area (Å²) in [4.78, 5) is 54.8. The molecule has 1 saturated heterocycles. The van der Waals surface area contributed by atoms with E-state index in [0.29, 0.717) is 45.1 Å². The van der Waals surface area contributed by atoms with Crippen molar-refractivity contribution in [1.29, 1.82) is 0 Å². The van der Waals surface area contributed by atoms with Crippen LogP contribution in [0, 0.1) is 5.92 Å². The van der Waals surface area contributed by atoms with Crippen molar-refractivity contribution in [1.82, 2.24) is 20.3 Å². The number of carbonyl (C=O) groups excluding carboxylic acids is 4. The fourth-order valence-electron chi connectivity index (χ4n) is 5.69. The topological polar surface area (TPSA) is 160 Å². The van der Waals surface area contributed by atoms with Gasteiger partial charge in [-0.05, 0) is 71.3 Å². The third-order valence-electron chi connectivity index (χ3n) is 8.02. The average Bonchev–Trinajstić information content (AvgIpc) is 3.40. The zero-order valence-corrected chi connectivity index (χ0v) is 26.5. The number of nitrogens with one attached hydrogen (secondary N) is 3. The van der Waals surface area contributed by atoms with Crippen molar-refractivity contribution < 1.29 is 36.5 Å². The van der Waals surface area contributed by atoms with Gasteiger partial charge in [0, 0.05) is 12.5 Å². The van der Waals surface area contributed by atoms with Crippen LogP contribution in [0.15, 0.2) is 42.5 Å². The van der Waals surface area contributed by atoms with Gasteiger partial charge >= 0.3 is 16.4 Å². The number of hydrogen-bond donors (Lipinski definition) is 3. The van der Waals surface area contributed by atoms with E-state index in [0.717, 1.165) is 18.4 Å². The van der Waals surface area contributed by atoms with E-state index < -0.39 is 57.4 Å². The molecule has 2 fully saturated rings. The molecule has 0 radical (unpaired) electrons. The van der Waals surface area contributed by atoms with Crippen LogP contribution in [-0.4, -0.2) is 73.5 Å². The summed E-state index contributed by atoms with van der Waals surface area (Å²) in [5.41, 5.74) is -1.35. The van der Waals surface area contributed by atoms with Crippen LogP contribution in [0.2, 0.25) is 0 Å². The predicted molar refractivity (Wildman–Crippen MR) is 162 cm³/mol. The van der Waals surface area contributed by atoms with Crippen LogP contribution in [0.4, 0.5) is 4.79 Å². The number of benzene rings is 1. The lowest BCUT2D eigenvalue weighted by molar-refractivity contribution is -0.141. The van der Waals surface area contributed by atoms with Crippen LogP contribution in [0.3, 0.4) is 0 Å². The molecular formula is C31H44N4O8S. The molecular weight excluding hydrogens is 588 g/mol. The second-order valence-electron chi connectivity index (χ2n) is 12.7. The molecule has 1 aliphatic carbocycles. The maximum atomic E-state index is 13.7. The Bertz CT molecular complexity index is 1340. The lowest BCUT2D eigenvalue weighted by atomic mass is 10.0. The minimum Gasteiger partial charge on any atom is -0.444 e. The minimum absolute atomic E-state index is 0.160. The molecule has 4 rings (SSSR count). The van der Waals surface area contributed by atoms with Crippen molar-refractivity contribution in [2.24, 2.45) is 5.92 Å². The van der Waals surface area contributed by atoms with Gasteiger partial charge in [0.1, 0.15) is 23.2 Å². The molecule has 2 heterocycles. The standard InChI is InChI=1S/C31H44N4O8S/c1-30(2,3)43-29(39)32-24-16-11-6-4-5-10-15-23-21-31(23,33-26(36)25-17-12-19-35(25)27(24)37)28(38)34-44(40,41)42-20-18-22-13-8-7-9-14-22/h7-10,13-15,23-25H,4-6,11-12,16-21H2,1-3H3,(H,32,39)(H,33,36)(H,34,38)/b15-10-/t23-,24+,25?,31-/m1/s1. The number of nitrogens with zero attached hydrogens (tertiary/aromatic N) is 1. The maximum Gasteiger partial charge on any atom is 0.408 e. The minimum atomic E-state index is -4.44. The van der Waals surface area contributed by atoms with Crippen LogP contribution in [-0.2, 0) is 40.0 Å². The molecule has 0 aromatic heterocycles. The molecule has 12 nitrogen and oxygen atoms in total. The Morgan fingerprint density at radius 1 is 1.07 bits per heavy atom. The largest absolute Gasteiger partial charge is 0.444 e. The van der Waals surface area contributed by atoms with Gasteiger partial charge < -0.3 is 20.3 Å². The lowest BCUT2D eigenvalue weighted by Crippen LogP contribution is -2.58. The summed E-state index contributed by atoms with van der Waals surface area (Å²) in [5.74, 6) is -2.23. The third-order valence-corrected chi connectivity index (χ3v) is 8.93. The highest BCUT2D eigenvalue weighted by Gasteiger charge is 2.61. The number of allylic oxidation sites excluding steroid dienone is 1. The molecule has 3 aliphatic rings. The number of amides is 4. The van der Waals surface area contributed by atoms with Gasteiger partial charge in [0.15, 0.2) is 0 Å². The molecule has 242 valence electrons. The van der Waals surface area contributed by atoms with Crippen LogP contribution in [0.5, 0.6) is 0 Å². The quantitative estimate of drug-likeness (QED) is 0.387. The maximum absolute atomic E-state index is 13.7. The fourth-order valence-corrected chi connectivity index (χ4v) is 6.46. The highest BCUT2D eigenvalue weighted by molar-refractivity contribution is 7.85. The molecule has 1 unspecified atom stereocenters. The lowest BCUT2D eigenvalue weighted by Gasteiger charge is -2.30. The van der Waals surface area contributed by atoms with Crippen molar-refractivity contribution in [2.75, 3.05) is 13.2 Å². The molecule has 4 atom stereocenters. The second kappa shape index (κ2) is 14.1. The van der Waals surface area contributed by atoms with Crippen molar-refractivity contribution in [3.63, 3.8) is 0 Å². The number of fused-ring (bicyclic) bond motifs is 2. The van der Waals surface area contributed by atoms with Gasteiger partial charge in [-0.1, -0.05) is 55.3 Å². The molecule has 13 heteroatoms. The summed E-state index contributed by atoms with van der Waals surface area (Å²) in [6.07, 6.45) is 7.95. The third kappa shape index (κ3) is 9.04. The molecule has 0 spiro atoms. The van der Waals surface area contributed by atoms with Crippen LogP contribution >= 0.6 is 0 Å². The van der Waals surface area contributed by atoms with E-state index in [9.17, 15) is 27.6 Å². The van der Waals surface area contributed by atoms with Crippen molar-refractivity contribution in [3.8, 4) is 0 Å². The van der Waals surface area contributed by atoms with E-state index >= 15 is 0 Å². The smallest absolute Gasteiger partial charge is 0.408 e. The van der Waals surface area contributed by atoms with E-state index in [1.807, 2.05) is 47.2 Å². The molecule has 2 aliphatic heterocycles. The summed E-state index contributed by atoms with van der Waals surface area (Å²) in [5, 5.41) is 5.49. The van der Waals surface area contributed by atoms with Gasteiger partial charge in [0.05, 0.1) is 6.61 Å². The monoisotopic (exact) mass is 632 g/mol. The van der Waals surface area contributed by atoms with Crippen molar-refractivity contribution in [3.05, 3.63) is 48.0 Å². The molecule has 4 amide bonds. The first kappa shape index (κ1) is 33.4. The van der Waals surface area contributed by atoms with Crippen LogP contribution in [0.1, 0.15) is 77.7 Å². The Morgan fingerprint density at radius 3 is 2.55 bits per heavy atom. The molecule has 3 N–H and O–H groups in total. The first-order valence-electron chi connectivity index (χ1n) is 15.3. The van der Waals surface area contributed by atoms with Gasteiger partial charge in [-0.25, -0.2) is 9.52 Å². The zero-order valence-electron chi connectivity index (χ0n) is 25.7. The molecule has 1 aromatic rings. The van der Waals surface area contributed by atoms with Gasteiger partial charge in [-0.15, -0.1) is 0 Å². The number of carbonyl (C=O) groups is 4. The van der Waals surface area contributed by atoms with E-state index in [1.165, 1.54) is 4.90 Å². The molecule has 0 bridgehead atoms. The Kier molecular flexibility index (Phi) is 10.7. The summed E-state index contributed by atoms with van der Waals surface area (Å²) in [6.45, 7) is 5.36. The Hall–Kier alpha value is -3.45. The number of rotatable bonds is 7. The second-order valence-corrected chi connectivity index (χ2v) is 14.0. The Balaban J connectivity index is 1.47. The van der Waals surface area contributed by atoms with Crippen molar-refractivity contribution in [2.45, 2.75) is 102 Å². The fraction of sp³-hybridized carbons (Fsp3) is 0.613. The van der Waals surface area contributed by atoms with E-state index in [2.05, 4.69) is 10.6 Å². The normalized spacial score (nSPS) is 27.1. The summed E-state index contributed by atoms with van der Waals surface area (Å²) < 4.78 is 37.7. The van der Waals surface area contributed by atoms with Crippen LogP contribution in [0.25, 0.3) is 0 Å². The predicted octanol–water partition coefficient (Wildman–Crippen LogP) is 2.89. The highest BCUT2D eigenvalue weighted by atomic mass is 32.2.